The molecular formula is C12H16N4O3. The van der Waals surface area contributed by atoms with Crippen LogP contribution in [0.3, 0.4) is 0 Å². The van der Waals surface area contributed by atoms with Gasteiger partial charge in [0.25, 0.3) is 0 Å². The Morgan fingerprint density at radius 1 is 1.32 bits per heavy atom. The zero-order valence-corrected chi connectivity index (χ0v) is 10.7. The van der Waals surface area contributed by atoms with Gasteiger partial charge >= 0.3 is 6.03 Å². The van der Waals surface area contributed by atoms with Gasteiger partial charge in [-0.25, -0.2) is 4.79 Å². The maximum atomic E-state index is 12.1. The highest BCUT2D eigenvalue weighted by Crippen LogP contribution is 2.15. The highest BCUT2D eigenvalue weighted by molar-refractivity contribution is 6.16. The number of rotatable bonds is 5. The molecule has 2 heterocycles. The molecule has 1 aliphatic heterocycles. The Morgan fingerprint density at radius 2 is 2.11 bits per heavy atom. The van der Waals surface area contributed by atoms with Gasteiger partial charge in [0.05, 0.1) is 13.1 Å². The molecule has 1 aromatic rings. The predicted octanol–water partition coefficient (Wildman–Crippen LogP) is 0.378. The average Bonchev–Trinajstić information content (AvgIpc) is 2.87. The average molecular weight is 264 g/mol. The molecule has 102 valence electrons. The largest absolute Gasteiger partial charge is 0.330 e. The minimum atomic E-state index is -0.750. The highest BCUT2D eigenvalue weighted by Gasteiger charge is 2.39. The summed E-state index contributed by atoms with van der Waals surface area (Å²) in [7, 11) is 0. The van der Waals surface area contributed by atoms with Crippen molar-refractivity contribution < 1.29 is 14.4 Å². The number of urea groups is 1. The van der Waals surface area contributed by atoms with Crippen LogP contribution in [0.15, 0.2) is 18.5 Å². The molecule has 0 radical (unpaired) electrons. The number of nitrogens with one attached hydrogen (secondary N) is 1. The molecule has 1 saturated heterocycles. The smallest absolute Gasteiger partial charge is 0.277 e. The molecule has 0 aromatic carbocycles. The van der Waals surface area contributed by atoms with Gasteiger partial charge in [-0.15, -0.1) is 0 Å². The van der Waals surface area contributed by atoms with Crippen molar-refractivity contribution in [3.05, 3.63) is 18.5 Å². The van der Waals surface area contributed by atoms with Crippen LogP contribution in [0.25, 0.3) is 0 Å². The van der Waals surface area contributed by atoms with Crippen LogP contribution in [0, 0.1) is 5.92 Å². The standard InChI is InChI=1S/C12H16N4O3/c1-2-4-9-10(17)14-12(19)16(11(9)18)8-7-15-6-3-5-13-15/h3,5-6,9H,2,4,7-8H2,1H3,(H,14,17,19). The number of nitrogens with zero attached hydrogens (tertiary/aromatic N) is 3. The van der Waals surface area contributed by atoms with Gasteiger partial charge in [-0.3, -0.25) is 24.5 Å². The number of hydrogen-bond donors (Lipinski definition) is 1. The van der Waals surface area contributed by atoms with Crippen LogP contribution in [-0.2, 0) is 16.1 Å². The van der Waals surface area contributed by atoms with Crippen molar-refractivity contribution in [2.75, 3.05) is 6.54 Å². The Hall–Kier alpha value is -2.18. The Morgan fingerprint density at radius 3 is 2.74 bits per heavy atom. The van der Waals surface area contributed by atoms with E-state index in [1.807, 2.05) is 6.92 Å². The second-order valence-electron chi connectivity index (χ2n) is 4.39. The lowest BCUT2D eigenvalue weighted by molar-refractivity contribution is -0.143. The molecule has 1 unspecified atom stereocenters. The third kappa shape index (κ3) is 2.81. The van der Waals surface area contributed by atoms with Crippen LogP contribution in [0.1, 0.15) is 19.8 Å². The lowest BCUT2D eigenvalue weighted by Crippen LogP contribution is -2.58. The van der Waals surface area contributed by atoms with Crippen molar-refractivity contribution in [1.82, 2.24) is 20.0 Å². The van der Waals surface area contributed by atoms with E-state index in [2.05, 4.69) is 10.4 Å². The Bertz CT molecular complexity index is 483. The molecule has 1 fully saturated rings. The van der Waals surface area contributed by atoms with Crippen molar-refractivity contribution in [3.63, 3.8) is 0 Å². The van der Waals surface area contributed by atoms with Crippen LogP contribution in [0.5, 0.6) is 0 Å². The van der Waals surface area contributed by atoms with Crippen molar-refractivity contribution in [1.29, 1.82) is 0 Å². The van der Waals surface area contributed by atoms with E-state index in [0.29, 0.717) is 19.4 Å². The topological polar surface area (TPSA) is 84.3 Å². The minimum Gasteiger partial charge on any atom is -0.277 e. The van der Waals surface area contributed by atoms with Gasteiger partial charge in [0.2, 0.25) is 11.8 Å². The highest BCUT2D eigenvalue weighted by atomic mass is 16.2. The molecule has 1 N–H and O–H groups in total. The molecule has 1 aliphatic rings. The van der Waals surface area contributed by atoms with E-state index < -0.39 is 23.8 Å². The maximum absolute atomic E-state index is 12.1. The fraction of sp³-hybridized carbons (Fsp3) is 0.500. The van der Waals surface area contributed by atoms with E-state index in [9.17, 15) is 14.4 Å². The molecule has 1 aromatic heterocycles. The van der Waals surface area contributed by atoms with Crippen molar-refractivity contribution in [3.8, 4) is 0 Å². The van der Waals surface area contributed by atoms with Gasteiger partial charge < -0.3 is 0 Å². The molecular weight excluding hydrogens is 248 g/mol. The Labute approximate surface area is 110 Å². The SMILES string of the molecule is CCCC1C(=O)NC(=O)N(CCn2cccn2)C1=O. The molecule has 19 heavy (non-hydrogen) atoms. The molecule has 1 atom stereocenters. The first-order valence-electron chi connectivity index (χ1n) is 6.27. The van der Waals surface area contributed by atoms with Crippen molar-refractivity contribution >= 4 is 17.8 Å². The summed E-state index contributed by atoms with van der Waals surface area (Å²) in [5.74, 6) is -1.66. The maximum Gasteiger partial charge on any atom is 0.330 e. The quantitative estimate of drug-likeness (QED) is 0.779. The van der Waals surface area contributed by atoms with Gasteiger partial charge in [0.15, 0.2) is 0 Å². The lowest BCUT2D eigenvalue weighted by Gasteiger charge is -2.29. The van der Waals surface area contributed by atoms with Crippen molar-refractivity contribution in [2.45, 2.75) is 26.3 Å². The van der Waals surface area contributed by atoms with Crippen LogP contribution < -0.4 is 5.32 Å². The number of amides is 4. The fourth-order valence-electron chi connectivity index (χ4n) is 2.05. The van der Waals surface area contributed by atoms with Gasteiger partial charge in [-0.2, -0.15) is 5.10 Å². The van der Waals surface area contributed by atoms with E-state index in [-0.39, 0.29) is 6.54 Å². The normalized spacial score (nSPS) is 19.7. The van der Waals surface area contributed by atoms with Gasteiger partial charge in [0, 0.05) is 12.4 Å². The number of carbonyl (C=O) groups excluding carboxylic acids is 3. The Kier molecular flexibility index (Phi) is 3.94. The molecule has 7 heteroatoms. The summed E-state index contributed by atoms with van der Waals surface area (Å²) in [4.78, 5) is 36.5. The molecule has 0 bridgehead atoms. The van der Waals surface area contributed by atoms with Gasteiger partial charge in [0.1, 0.15) is 5.92 Å². The number of aromatic nitrogens is 2. The minimum absolute atomic E-state index is 0.208. The van der Waals surface area contributed by atoms with Gasteiger partial charge in [-0.05, 0) is 12.5 Å². The van der Waals surface area contributed by atoms with E-state index in [1.54, 1.807) is 23.1 Å². The molecule has 2 rings (SSSR count). The molecule has 0 saturated carbocycles. The zero-order valence-electron chi connectivity index (χ0n) is 10.7. The number of carbonyl (C=O) groups is 3. The number of imide groups is 2. The van der Waals surface area contributed by atoms with E-state index >= 15 is 0 Å². The summed E-state index contributed by atoms with van der Waals surface area (Å²) in [6.45, 7) is 2.52. The van der Waals surface area contributed by atoms with Crippen molar-refractivity contribution in [2.24, 2.45) is 5.92 Å². The summed E-state index contributed by atoms with van der Waals surface area (Å²) in [6.07, 6.45) is 4.55. The predicted molar refractivity (Wildman–Crippen MR) is 65.9 cm³/mol. The second-order valence-corrected chi connectivity index (χ2v) is 4.39. The summed E-state index contributed by atoms with van der Waals surface area (Å²) in [6, 6.07) is 1.12. The summed E-state index contributed by atoms with van der Waals surface area (Å²) < 4.78 is 1.63. The van der Waals surface area contributed by atoms with E-state index in [4.69, 9.17) is 0 Å². The Balaban J connectivity index is 2.03. The van der Waals surface area contributed by atoms with Crippen LogP contribution in [0.2, 0.25) is 0 Å². The van der Waals surface area contributed by atoms with E-state index in [1.165, 1.54) is 0 Å². The summed E-state index contributed by atoms with van der Waals surface area (Å²) in [5.41, 5.74) is 0. The number of barbiturate groups is 1. The molecule has 0 aliphatic carbocycles. The fourth-order valence-corrected chi connectivity index (χ4v) is 2.05. The second kappa shape index (κ2) is 5.64. The summed E-state index contributed by atoms with van der Waals surface area (Å²) in [5, 5.41) is 6.22. The molecule has 7 nitrogen and oxygen atoms in total. The monoisotopic (exact) mass is 264 g/mol. The first-order valence-corrected chi connectivity index (χ1v) is 6.27. The number of hydrogen-bond acceptors (Lipinski definition) is 4. The third-order valence-corrected chi connectivity index (χ3v) is 3.05. The van der Waals surface area contributed by atoms with Gasteiger partial charge in [-0.1, -0.05) is 13.3 Å². The van der Waals surface area contributed by atoms with Crippen LogP contribution >= 0.6 is 0 Å². The molecule has 0 spiro atoms. The van der Waals surface area contributed by atoms with Crippen LogP contribution in [-0.4, -0.2) is 39.1 Å². The lowest BCUT2D eigenvalue weighted by atomic mass is 9.99. The zero-order chi connectivity index (χ0) is 13.8. The summed E-state index contributed by atoms with van der Waals surface area (Å²) >= 11 is 0. The van der Waals surface area contributed by atoms with Crippen LogP contribution in [0.4, 0.5) is 4.79 Å². The van der Waals surface area contributed by atoms with E-state index in [0.717, 1.165) is 4.90 Å². The molecule has 4 amide bonds. The first-order chi connectivity index (χ1) is 9.13. The first kappa shape index (κ1) is 13.3. The third-order valence-electron chi connectivity index (χ3n) is 3.05.